The Morgan fingerprint density at radius 1 is 1.44 bits per heavy atom. The molecule has 0 radical (unpaired) electrons. The second-order valence-corrected chi connectivity index (χ2v) is 4.03. The van der Waals surface area contributed by atoms with Crippen LogP contribution in [-0.2, 0) is 0 Å². The van der Waals surface area contributed by atoms with E-state index in [4.69, 9.17) is 4.52 Å². The van der Waals surface area contributed by atoms with Gasteiger partial charge in [0.15, 0.2) is 0 Å². The molecule has 4 nitrogen and oxygen atoms in total. The lowest BCUT2D eigenvalue weighted by molar-refractivity contribution is 0.432. The molecule has 1 aromatic carbocycles. The normalized spacial score (nSPS) is 10.4. The lowest BCUT2D eigenvalue weighted by Crippen LogP contribution is -1.95. The molecule has 0 saturated heterocycles. The van der Waals surface area contributed by atoms with Crippen molar-refractivity contribution < 1.29 is 8.91 Å². The van der Waals surface area contributed by atoms with Crippen molar-refractivity contribution in [3.05, 3.63) is 28.5 Å². The number of anilines is 1. The fourth-order valence-corrected chi connectivity index (χ4v) is 1.71. The van der Waals surface area contributed by atoms with Gasteiger partial charge in [-0.25, -0.2) is 4.39 Å². The minimum atomic E-state index is -0.348. The molecule has 0 aliphatic carbocycles. The quantitative estimate of drug-likeness (QED) is 0.942. The summed E-state index contributed by atoms with van der Waals surface area (Å²) in [6.07, 6.45) is 0. The Morgan fingerprint density at radius 3 is 2.94 bits per heavy atom. The maximum absolute atomic E-state index is 13.1. The van der Waals surface area contributed by atoms with E-state index in [1.165, 1.54) is 12.1 Å². The van der Waals surface area contributed by atoms with Gasteiger partial charge in [0.2, 0.25) is 5.82 Å². The summed E-state index contributed by atoms with van der Waals surface area (Å²) < 4.78 is 18.7. The maximum Gasteiger partial charge on any atom is 0.321 e. The van der Waals surface area contributed by atoms with Gasteiger partial charge in [-0.3, -0.25) is 0 Å². The van der Waals surface area contributed by atoms with Gasteiger partial charge >= 0.3 is 6.01 Å². The fraction of sp³-hybridized carbons (Fsp3) is 0.200. The van der Waals surface area contributed by atoms with Crippen molar-refractivity contribution in [1.29, 1.82) is 0 Å². The summed E-state index contributed by atoms with van der Waals surface area (Å²) >= 11 is 3.21. The third-order valence-corrected chi connectivity index (χ3v) is 2.33. The van der Waals surface area contributed by atoms with Crippen LogP contribution in [0.25, 0.3) is 11.4 Å². The van der Waals surface area contributed by atoms with E-state index in [0.717, 1.165) is 0 Å². The van der Waals surface area contributed by atoms with Crippen LogP contribution in [-0.4, -0.2) is 16.7 Å². The Balaban J connectivity index is 2.34. The molecule has 0 aliphatic heterocycles. The highest BCUT2D eigenvalue weighted by atomic mass is 79.9. The van der Waals surface area contributed by atoms with Crippen LogP contribution < -0.4 is 5.32 Å². The van der Waals surface area contributed by atoms with Crippen LogP contribution in [0, 0.1) is 5.82 Å². The fourth-order valence-electron chi connectivity index (χ4n) is 1.25. The average Bonchev–Trinajstić information content (AvgIpc) is 2.65. The van der Waals surface area contributed by atoms with Gasteiger partial charge in [-0.15, -0.1) is 0 Å². The Bertz CT molecular complexity index is 480. The molecule has 0 bridgehead atoms. The molecule has 2 rings (SSSR count). The number of hydrogen-bond acceptors (Lipinski definition) is 4. The minimum absolute atomic E-state index is 0.331. The molecule has 1 aromatic heterocycles. The van der Waals surface area contributed by atoms with E-state index in [2.05, 4.69) is 31.4 Å². The van der Waals surface area contributed by atoms with Crippen molar-refractivity contribution in [2.45, 2.75) is 6.92 Å². The van der Waals surface area contributed by atoms with Crippen LogP contribution in [0.15, 0.2) is 27.2 Å². The topological polar surface area (TPSA) is 51.0 Å². The molecule has 1 heterocycles. The summed E-state index contributed by atoms with van der Waals surface area (Å²) in [5, 5.41) is 6.63. The van der Waals surface area contributed by atoms with Gasteiger partial charge in [-0.1, -0.05) is 21.1 Å². The Labute approximate surface area is 100.0 Å². The van der Waals surface area contributed by atoms with Crippen molar-refractivity contribution in [2.75, 3.05) is 11.9 Å². The summed E-state index contributed by atoms with van der Waals surface area (Å²) in [6.45, 7) is 2.61. The van der Waals surface area contributed by atoms with Crippen molar-refractivity contribution in [3.8, 4) is 11.4 Å². The summed E-state index contributed by atoms with van der Waals surface area (Å²) in [5.41, 5.74) is 0.569. The summed E-state index contributed by atoms with van der Waals surface area (Å²) in [7, 11) is 0. The molecule has 16 heavy (non-hydrogen) atoms. The van der Waals surface area contributed by atoms with Crippen LogP contribution in [0.2, 0.25) is 0 Å². The average molecular weight is 286 g/mol. The molecule has 0 amide bonds. The van der Waals surface area contributed by atoms with Crippen LogP contribution in [0.4, 0.5) is 10.4 Å². The van der Waals surface area contributed by atoms with Crippen LogP contribution in [0.1, 0.15) is 6.92 Å². The molecule has 0 aliphatic rings. The van der Waals surface area contributed by atoms with Crippen molar-refractivity contribution in [1.82, 2.24) is 10.1 Å². The maximum atomic E-state index is 13.1. The molecule has 2 aromatic rings. The number of hydrogen-bond donors (Lipinski definition) is 1. The first kappa shape index (κ1) is 11.1. The molecule has 0 fully saturated rings. The monoisotopic (exact) mass is 285 g/mol. The zero-order valence-electron chi connectivity index (χ0n) is 8.50. The van der Waals surface area contributed by atoms with Crippen LogP contribution >= 0.6 is 15.9 Å². The first-order valence-corrected chi connectivity index (χ1v) is 5.52. The summed E-state index contributed by atoms with van der Waals surface area (Å²) in [6, 6.07) is 4.78. The number of aromatic nitrogens is 2. The van der Waals surface area contributed by atoms with E-state index in [-0.39, 0.29) is 5.82 Å². The lowest BCUT2D eigenvalue weighted by Gasteiger charge is -1.96. The van der Waals surface area contributed by atoms with Crippen LogP contribution in [0.5, 0.6) is 0 Å². The van der Waals surface area contributed by atoms with Crippen molar-refractivity contribution >= 4 is 21.9 Å². The SMILES string of the molecule is CCNc1nc(-c2cc(F)cc(Br)c2)no1. The second kappa shape index (κ2) is 4.61. The molecule has 0 atom stereocenters. The highest BCUT2D eigenvalue weighted by molar-refractivity contribution is 9.10. The largest absolute Gasteiger partial charge is 0.338 e. The van der Waals surface area contributed by atoms with Gasteiger partial charge in [-0.05, 0) is 25.1 Å². The van der Waals surface area contributed by atoms with E-state index >= 15 is 0 Å². The first-order valence-electron chi connectivity index (χ1n) is 4.73. The van der Waals surface area contributed by atoms with Crippen molar-refractivity contribution in [2.24, 2.45) is 0 Å². The molecule has 0 spiro atoms. The summed E-state index contributed by atoms with van der Waals surface area (Å²) in [5.74, 6) is 0.00956. The van der Waals surface area contributed by atoms with E-state index in [0.29, 0.717) is 28.4 Å². The number of rotatable bonds is 3. The zero-order chi connectivity index (χ0) is 11.5. The number of benzene rings is 1. The van der Waals surface area contributed by atoms with E-state index < -0.39 is 0 Å². The standard InChI is InChI=1S/C10H9BrFN3O/c1-2-13-10-14-9(15-16-10)6-3-7(11)5-8(12)4-6/h3-5H,2H2,1H3,(H,13,14,15). The van der Waals surface area contributed by atoms with Crippen LogP contribution in [0.3, 0.4) is 0 Å². The number of halogens is 2. The molecule has 0 unspecified atom stereocenters. The highest BCUT2D eigenvalue weighted by Crippen LogP contribution is 2.23. The predicted octanol–water partition coefficient (Wildman–Crippen LogP) is 3.07. The Kier molecular flexibility index (Phi) is 3.19. The molecule has 1 N–H and O–H groups in total. The van der Waals surface area contributed by atoms with E-state index in [1.807, 2.05) is 6.92 Å². The Hall–Kier alpha value is -1.43. The molecule has 0 saturated carbocycles. The van der Waals surface area contributed by atoms with Gasteiger partial charge in [0.05, 0.1) is 0 Å². The van der Waals surface area contributed by atoms with Gasteiger partial charge in [0, 0.05) is 16.6 Å². The highest BCUT2D eigenvalue weighted by Gasteiger charge is 2.09. The van der Waals surface area contributed by atoms with Gasteiger partial charge < -0.3 is 9.84 Å². The smallest absolute Gasteiger partial charge is 0.321 e. The Morgan fingerprint density at radius 2 is 2.25 bits per heavy atom. The number of nitrogens with zero attached hydrogens (tertiary/aromatic N) is 2. The predicted molar refractivity (Wildman–Crippen MR) is 61.6 cm³/mol. The number of nitrogens with one attached hydrogen (secondary N) is 1. The van der Waals surface area contributed by atoms with Gasteiger partial charge in [0.25, 0.3) is 0 Å². The van der Waals surface area contributed by atoms with E-state index in [9.17, 15) is 4.39 Å². The first-order chi connectivity index (χ1) is 7.69. The third-order valence-electron chi connectivity index (χ3n) is 1.87. The lowest BCUT2D eigenvalue weighted by atomic mass is 10.2. The molecule has 84 valence electrons. The molecular weight excluding hydrogens is 277 g/mol. The molecular formula is C10H9BrFN3O. The van der Waals surface area contributed by atoms with Crippen molar-refractivity contribution in [3.63, 3.8) is 0 Å². The van der Waals surface area contributed by atoms with Gasteiger partial charge in [0.1, 0.15) is 5.82 Å². The second-order valence-electron chi connectivity index (χ2n) is 3.11. The minimum Gasteiger partial charge on any atom is -0.338 e. The van der Waals surface area contributed by atoms with E-state index in [1.54, 1.807) is 6.07 Å². The zero-order valence-corrected chi connectivity index (χ0v) is 10.1. The third kappa shape index (κ3) is 2.38. The molecule has 6 heteroatoms. The summed E-state index contributed by atoms with van der Waals surface area (Å²) in [4.78, 5) is 4.08. The van der Waals surface area contributed by atoms with Gasteiger partial charge in [-0.2, -0.15) is 4.98 Å².